The molecule has 0 atom stereocenters. The minimum Gasteiger partial charge on any atom is -0.383 e. The van der Waals surface area contributed by atoms with E-state index in [9.17, 15) is 4.79 Å². The summed E-state index contributed by atoms with van der Waals surface area (Å²) < 4.78 is 4.95. The van der Waals surface area contributed by atoms with Crippen LogP contribution in [-0.4, -0.2) is 42.0 Å². The molecule has 108 valence electrons. The van der Waals surface area contributed by atoms with Crippen molar-refractivity contribution in [2.24, 2.45) is 0 Å². The largest absolute Gasteiger partial charge is 0.383 e. The zero-order valence-electron chi connectivity index (χ0n) is 11.6. The zero-order chi connectivity index (χ0) is 14.4. The lowest BCUT2D eigenvalue weighted by Gasteiger charge is -2.00. The molecule has 0 spiro atoms. The Labute approximate surface area is 121 Å². The molecule has 2 heterocycles. The molecule has 2 rings (SSSR count). The fourth-order valence-corrected chi connectivity index (χ4v) is 2.56. The number of ether oxygens (including phenoxy) is 1. The van der Waals surface area contributed by atoms with Crippen molar-refractivity contribution in [3.8, 4) is 10.6 Å². The number of pyridine rings is 1. The lowest BCUT2D eigenvalue weighted by atomic mass is 10.2. The van der Waals surface area contributed by atoms with Crippen LogP contribution in [-0.2, 0) is 11.2 Å². The predicted octanol–water partition coefficient (Wildman–Crippen LogP) is 0.980. The molecule has 0 aliphatic rings. The fraction of sp³-hybridized carbons (Fsp3) is 0.462. The topological polar surface area (TPSA) is 79.9 Å². The van der Waals surface area contributed by atoms with Crippen LogP contribution in [0, 0.1) is 6.92 Å². The Morgan fingerprint density at radius 1 is 1.40 bits per heavy atom. The quantitative estimate of drug-likeness (QED) is 0.744. The van der Waals surface area contributed by atoms with E-state index < -0.39 is 0 Å². The van der Waals surface area contributed by atoms with Crippen molar-refractivity contribution in [2.75, 3.05) is 26.8 Å². The Bertz CT molecular complexity index is 608. The zero-order valence-corrected chi connectivity index (χ0v) is 12.4. The van der Waals surface area contributed by atoms with Crippen LogP contribution in [0.1, 0.15) is 10.7 Å². The van der Waals surface area contributed by atoms with Gasteiger partial charge in [-0.1, -0.05) is 11.3 Å². The first kappa shape index (κ1) is 14.8. The first-order chi connectivity index (χ1) is 9.70. The minimum absolute atomic E-state index is 0.0258. The molecule has 0 aliphatic carbocycles. The summed E-state index contributed by atoms with van der Waals surface area (Å²) in [7, 11) is 1.68. The number of nitrogens with one attached hydrogen (secondary N) is 2. The van der Waals surface area contributed by atoms with Gasteiger partial charge >= 0.3 is 0 Å². The van der Waals surface area contributed by atoms with E-state index in [-0.39, 0.29) is 5.43 Å². The lowest BCUT2D eigenvalue weighted by Crippen LogP contribution is -2.21. The van der Waals surface area contributed by atoms with Crippen LogP contribution in [0.25, 0.3) is 10.6 Å². The first-order valence-electron chi connectivity index (χ1n) is 6.42. The van der Waals surface area contributed by atoms with Gasteiger partial charge in [0.1, 0.15) is 5.01 Å². The second kappa shape index (κ2) is 7.28. The Morgan fingerprint density at radius 2 is 2.25 bits per heavy atom. The van der Waals surface area contributed by atoms with Crippen LogP contribution in [0.5, 0.6) is 0 Å². The molecule has 0 fully saturated rings. The van der Waals surface area contributed by atoms with Crippen molar-refractivity contribution < 1.29 is 4.74 Å². The van der Waals surface area contributed by atoms with Gasteiger partial charge in [0.15, 0.2) is 10.4 Å². The van der Waals surface area contributed by atoms with Gasteiger partial charge in [-0.2, -0.15) is 0 Å². The number of aryl methyl sites for hydroxylation is 1. The molecule has 2 aromatic rings. The lowest BCUT2D eigenvalue weighted by molar-refractivity contribution is 0.199. The molecule has 0 saturated heterocycles. The van der Waals surface area contributed by atoms with Gasteiger partial charge in [0.2, 0.25) is 0 Å². The third-order valence-corrected chi connectivity index (χ3v) is 3.77. The molecule has 7 heteroatoms. The summed E-state index contributed by atoms with van der Waals surface area (Å²) in [5, 5.41) is 13.0. The highest BCUT2D eigenvalue weighted by Crippen LogP contribution is 2.20. The number of rotatable bonds is 7. The number of hydrogen-bond donors (Lipinski definition) is 2. The van der Waals surface area contributed by atoms with E-state index in [1.54, 1.807) is 19.4 Å². The number of hydrogen-bond acceptors (Lipinski definition) is 6. The van der Waals surface area contributed by atoms with Crippen LogP contribution in [0.4, 0.5) is 0 Å². The molecular weight excluding hydrogens is 276 g/mol. The van der Waals surface area contributed by atoms with E-state index in [1.807, 2.05) is 6.92 Å². The highest BCUT2D eigenvalue weighted by Gasteiger charge is 2.09. The average molecular weight is 294 g/mol. The fourth-order valence-electron chi connectivity index (χ4n) is 1.70. The maximum atomic E-state index is 11.9. The molecule has 0 aromatic carbocycles. The summed E-state index contributed by atoms with van der Waals surface area (Å²) in [5.74, 6) is 0. The Hall–Kier alpha value is -1.57. The van der Waals surface area contributed by atoms with E-state index in [2.05, 4.69) is 20.5 Å². The summed E-state index contributed by atoms with van der Waals surface area (Å²) in [4.78, 5) is 14.9. The summed E-state index contributed by atoms with van der Waals surface area (Å²) in [6.07, 6.45) is 2.49. The van der Waals surface area contributed by atoms with Crippen molar-refractivity contribution in [2.45, 2.75) is 13.3 Å². The minimum atomic E-state index is -0.0258. The van der Waals surface area contributed by atoms with Gasteiger partial charge in [0.25, 0.3) is 0 Å². The standard InChI is InChI=1S/C13H18N4O2S/c1-9-7-11(18)10(8-15-9)13-17-16-12(20-13)3-4-14-5-6-19-2/h7-8,14H,3-6H2,1-2H3,(H,15,18). The molecule has 6 nitrogen and oxygen atoms in total. The number of aromatic amines is 1. The summed E-state index contributed by atoms with van der Waals surface area (Å²) in [6, 6.07) is 1.57. The third-order valence-electron chi connectivity index (χ3n) is 2.75. The smallest absolute Gasteiger partial charge is 0.192 e. The normalized spacial score (nSPS) is 10.9. The van der Waals surface area contributed by atoms with Gasteiger partial charge in [0, 0.05) is 44.6 Å². The molecule has 0 aliphatic heterocycles. The van der Waals surface area contributed by atoms with Crippen molar-refractivity contribution in [1.29, 1.82) is 0 Å². The Balaban J connectivity index is 1.96. The maximum absolute atomic E-state index is 11.9. The highest BCUT2D eigenvalue weighted by atomic mass is 32.1. The van der Waals surface area contributed by atoms with E-state index in [4.69, 9.17) is 4.74 Å². The molecule has 0 amide bonds. The van der Waals surface area contributed by atoms with Crippen LogP contribution >= 0.6 is 11.3 Å². The number of methoxy groups -OCH3 is 1. The van der Waals surface area contributed by atoms with Gasteiger partial charge in [-0.25, -0.2) is 0 Å². The van der Waals surface area contributed by atoms with Crippen molar-refractivity contribution >= 4 is 11.3 Å². The SMILES string of the molecule is COCCNCCc1nnc(-c2c[nH]c(C)cc2=O)s1. The van der Waals surface area contributed by atoms with Crippen LogP contribution < -0.4 is 10.7 Å². The van der Waals surface area contributed by atoms with Crippen molar-refractivity contribution in [3.63, 3.8) is 0 Å². The summed E-state index contributed by atoms with van der Waals surface area (Å²) >= 11 is 1.46. The average Bonchev–Trinajstić information content (AvgIpc) is 2.87. The molecule has 0 saturated carbocycles. The van der Waals surface area contributed by atoms with Crippen LogP contribution in [0.3, 0.4) is 0 Å². The number of nitrogens with zero attached hydrogens (tertiary/aromatic N) is 2. The van der Waals surface area contributed by atoms with Gasteiger partial charge < -0.3 is 15.0 Å². The Morgan fingerprint density at radius 3 is 3.00 bits per heavy atom. The summed E-state index contributed by atoms with van der Waals surface area (Å²) in [6.45, 7) is 4.19. The van der Waals surface area contributed by atoms with Crippen LogP contribution in [0.15, 0.2) is 17.1 Å². The summed E-state index contributed by atoms with van der Waals surface area (Å²) in [5.41, 5.74) is 1.39. The maximum Gasteiger partial charge on any atom is 0.192 e. The van der Waals surface area contributed by atoms with Crippen molar-refractivity contribution in [3.05, 3.63) is 33.2 Å². The molecule has 0 unspecified atom stereocenters. The van der Waals surface area contributed by atoms with Gasteiger partial charge in [-0.3, -0.25) is 4.79 Å². The first-order valence-corrected chi connectivity index (χ1v) is 7.24. The molecule has 2 aromatic heterocycles. The Kier molecular flexibility index (Phi) is 5.40. The second-order valence-corrected chi connectivity index (χ2v) is 5.45. The van der Waals surface area contributed by atoms with Gasteiger partial charge in [0.05, 0.1) is 12.2 Å². The molecular formula is C13H18N4O2S. The van der Waals surface area contributed by atoms with Crippen LogP contribution in [0.2, 0.25) is 0 Å². The number of aromatic nitrogens is 3. The van der Waals surface area contributed by atoms with E-state index in [0.29, 0.717) is 17.2 Å². The predicted molar refractivity (Wildman–Crippen MR) is 79.2 cm³/mol. The number of H-pyrrole nitrogens is 1. The van der Waals surface area contributed by atoms with E-state index in [1.165, 1.54) is 11.3 Å². The molecule has 20 heavy (non-hydrogen) atoms. The third kappa shape index (κ3) is 3.96. The highest BCUT2D eigenvalue weighted by molar-refractivity contribution is 7.14. The second-order valence-electron chi connectivity index (χ2n) is 4.39. The monoisotopic (exact) mass is 294 g/mol. The molecule has 2 N–H and O–H groups in total. The van der Waals surface area contributed by atoms with E-state index in [0.717, 1.165) is 30.2 Å². The molecule has 0 bridgehead atoms. The van der Waals surface area contributed by atoms with Gasteiger partial charge in [-0.05, 0) is 6.92 Å². The van der Waals surface area contributed by atoms with Crippen molar-refractivity contribution in [1.82, 2.24) is 20.5 Å². The molecule has 0 radical (unpaired) electrons. The van der Waals surface area contributed by atoms with E-state index >= 15 is 0 Å². The van der Waals surface area contributed by atoms with Gasteiger partial charge in [-0.15, -0.1) is 10.2 Å².